The molecule has 1 heterocycles. The molecule has 1 aromatic rings. The van der Waals surface area contributed by atoms with E-state index in [2.05, 4.69) is 9.72 Å². The largest absolute Gasteiger partial charge is 0.469 e. The van der Waals surface area contributed by atoms with Gasteiger partial charge in [0.15, 0.2) is 0 Å². The molecule has 0 saturated carbocycles. The van der Waals surface area contributed by atoms with Crippen LogP contribution >= 0.6 is 0 Å². The molecule has 0 spiro atoms. The third-order valence-corrected chi connectivity index (χ3v) is 2.11. The molecular formula is C10H14N2O3. The van der Waals surface area contributed by atoms with E-state index in [1.807, 2.05) is 6.92 Å². The van der Waals surface area contributed by atoms with Crippen LogP contribution in [-0.4, -0.2) is 22.6 Å². The first-order valence-electron chi connectivity index (χ1n) is 4.66. The zero-order chi connectivity index (χ0) is 11.4. The molecule has 0 radical (unpaired) electrons. The molecule has 82 valence electrons. The number of ether oxygens (including phenoxy) is 1. The topological polar surface area (TPSA) is 61.2 Å². The maximum absolute atomic E-state index is 11.5. The summed E-state index contributed by atoms with van der Waals surface area (Å²) in [6, 6.07) is 1.80. The molecule has 0 aromatic carbocycles. The Bertz CT molecular complexity index is 423. The Kier molecular flexibility index (Phi) is 3.60. The van der Waals surface area contributed by atoms with Gasteiger partial charge < -0.3 is 4.74 Å². The molecule has 5 heteroatoms. The highest BCUT2D eigenvalue weighted by atomic mass is 16.5. The number of aromatic nitrogens is 2. The van der Waals surface area contributed by atoms with Crippen molar-refractivity contribution in [1.82, 2.24) is 9.55 Å². The molecule has 1 rings (SSSR count). The zero-order valence-corrected chi connectivity index (χ0v) is 9.11. The summed E-state index contributed by atoms with van der Waals surface area (Å²) in [5.41, 5.74) is 1.17. The van der Waals surface area contributed by atoms with Crippen LogP contribution in [0.3, 0.4) is 0 Å². The first-order valence-corrected chi connectivity index (χ1v) is 4.66. The highest BCUT2D eigenvalue weighted by molar-refractivity contribution is 5.68. The summed E-state index contributed by atoms with van der Waals surface area (Å²) in [4.78, 5) is 26.2. The van der Waals surface area contributed by atoms with Gasteiger partial charge in [-0.1, -0.05) is 0 Å². The van der Waals surface area contributed by atoms with Gasteiger partial charge in [0.25, 0.3) is 0 Å². The molecule has 0 atom stereocenters. The second kappa shape index (κ2) is 4.72. The lowest BCUT2D eigenvalue weighted by atomic mass is 10.3. The lowest BCUT2D eigenvalue weighted by Gasteiger charge is -2.08. The van der Waals surface area contributed by atoms with Crippen LogP contribution in [0.15, 0.2) is 10.9 Å². The maximum Gasteiger partial charge on any atom is 0.347 e. The van der Waals surface area contributed by atoms with E-state index in [1.165, 1.54) is 11.7 Å². The summed E-state index contributed by atoms with van der Waals surface area (Å²) in [7, 11) is 1.32. The second-order valence-electron chi connectivity index (χ2n) is 3.30. The monoisotopic (exact) mass is 210 g/mol. The van der Waals surface area contributed by atoms with E-state index in [0.29, 0.717) is 12.2 Å². The fraction of sp³-hybridized carbons (Fsp3) is 0.500. The summed E-state index contributed by atoms with van der Waals surface area (Å²) >= 11 is 0. The third-order valence-electron chi connectivity index (χ3n) is 2.11. The molecule has 0 bridgehead atoms. The third kappa shape index (κ3) is 2.90. The van der Waals surface area contributed by atoms with Crippen molar-refractivity contribution in [3.63, 3.8) is 0 Å². The summed E-state index contributed by atoms with van der Waals surface area (Å²) in [6.07, 6.45) is 0.183. The van der Waals surface area contributed by atoms with E-state index < -0.39 is 0 Å². The Morgan fingerprint density at radius 3 is 2.73 bits per heavy atom. The van der Waals surface area contributed by atoms with Crippen molar-refractivity contribution >= 4 is 5.97 Å². The van der Waals surface area contributed by atoms with E-state index in [-0.39, 0.29) is 18.1 Å². The molecule has 0 aliphatic carbocycles. The average Bonchev–Trinajstić information content (AvgIpc) is 2.15. The number of hydrogen-bond acceptors (Lipinski definition) is 4. The van der Waals surface area contributed by atoms with Gasteiger partial charge in [-0.05, 0) is 19.9 Å². The maximum atomic E-state index is 11.5. The van der Waals surface area contributed by atoms with Gasteiger partial charge in [0.1, 0.15) is 0 Å². The number of carbonyl (C=O) groups excluding carboxylic acids is 1. The first kappa shape index (κ1) is 11.4. The van der Waals surface area contributed by atoms with Crippen LogP contribution in [0.25, 0.3) is 0 Å². The van der Waals surface area contributed by atoms with Crippen LogP contribution in [-0.2, 0) is 16.1 Å². The Morgan fingerprint density at radius 1 is 1.53 bits per heavy atom. The lowest BCUT2D eigenvalue weighted by Crippen LogP contribution is -2.26. The van der Waals surface area contributed by atoms with Crippen molar-refractivity contribution in [3.8, 4) is 0 Å². The van der Waals surface area contributed by atoms with Crippen molar-refractivity contribution in [2.24, 2.45) is 0 Å². The summed E-state index contributed by atoms with van der Waals surface area (Å²) in [5, 5.41) is 0. The Labute approximate surface area is 87.7 Å². The Balaban J connectivity index is 2.86. The molecule has 0 aliphatic heterocycles. The summed E-state index contributed by atoms with van der Waals surface area (Å²) in [6.45, 7) is 3.89. The minimum Gasteiger partial charge on any atom is -0.469 e. The van der Waals surface area contributed by atoms with Crippen molar-refractivity contribution in [1.29, 1.82) is 0 Å². The molecule has 0 aliphatic rings. The molecule has 0 N–H and O–H groups in total. The summed E-state index contributed by atoms with van der Waals surface area (Å²) in [5.74, 6) is -0.332. The first-order chi connectivity index (χ1) is 7.04. The van der Waals surface area contributed by atoms with Gasteiger partial charge in [-0.15, -0.1) is 0 Å². The number of hydrogen-bond donors (Lipinski definition) is 0. The van der Waals surface area contributed by atoms with Crippen LogP contribution in [0.1, 0.15) is 17.8 Å². The molecule has 0 saturated heterocycles. The molecule has 1 aromatic heterocycles. The molecule has 0 amide bonds. The Hall–Kier alpha value is -1.65. The van der Waals surface area contributed by atoms with Crippen LogP contribution in [0.2, 0.25) is 0 Å². The van der Waals surface area contributed by atoms with Crippen LogP contribution in [0, 0.1) is 13.8 Å². The summed E-state index contributed by atoms with van der Waals surface area (Å²) < 4.78 is 5.96. The number of methoxy groups -OCH3 is 1. The molecular weight excluding hydrogens is 196 g/mol. The van der Waals surface area contributed by atoms with Gasteiger partial charge in [-0.2, -0.15) is 4.98 Å². The highest BCUT2D eigenvalue weighted by Crippen LogP contribution is 1.98. The Morgan fingerprint density at radius 2 is 2.20 bits per heavy atom. The smallest absolute Gasteiger partial charge is 0.347 e. The normalized spacial score (nSPS) is 10.1. The number of aryl methyl sites for hydroxylation is 2. The van der Waals surface area contributed by atoms with E-state index in [0.717, 1.165) is 5.69 Å². The highest BCUT2D eigenvalue weighted by Gasteiger charge is 2.05. The number of carbonyl (C=O) groups is 1. The number of nitrogens with zero attached hydrogens (tertiary/aromatic N) is 2. The molecule has 15 heavy (non-hydrogen) atoms. The lowest BCUT2D eigenvalue weighted by molar-refractivity contribution is -0.140. The standard InChI is InChI=1S/C10H14N2O3/c1-7-6-8(2)12(10(14)11-7)5-4-9(13)15-3/h6H,4-5H2,1-3H3. The number of rotatable bonds is 3. The van der Waals surface area contributed by atoms with Crippen LogP contribution < -0.4 is 5.69 Å². The minimum absolute atomic E-state index is 0.183. The van der Waals surface area contributed by atoms with Crippen molar-refractivity contribution < 1.29 is 9.53 Å². The molecule has 0 unspecified atom stereocenters. The molecule has 5 nitrogen and oxygen atoms in total. The van der Waals surface area contributed by atoms with Gasteiger partial charge in [0.2, 0.25) is 0 Å². The predicted molar refractivity (Wildman–Crippen MR) is 54.6 cm³/mol. The van der Waals surface area contributed by atoms with Crippen LogP contribution in [0.4, 0.5) is 0 Å². The van der Waals surface area contributed by atoms with Crippen molar-refractivity contribution in [3.05, 3.63) is 27.9 Å². The van der Waals surface area contributed by atoms with Gasteiger partial charge in [0.05, 0.1) is 13.5 Å². The molecule has 0 fully saturated rings. The van der Waals surface area contributed by atoms with Gasteiger partial charge in [-0.3, -0.25) is 9.36 Å². The van der Waals surface area contributed by atoms with Gasteiger partial charge in [-0.25, -0.2) is 4.79 Å². The van der Waals surface area contributed by atoms with Gasteiger partial charge >= 0.3 is 11.7 Å². The van der Waals surface area contributed by atoms with Gasteiger partial charge in [0, 0.05) is 17.9 Å². The SMILES string of the molecule is COC(=O)CCn1c(C)cc(C)nc1=O. The minimum atomic E-state index is -0.332. The van der Waals surface area contributed by atoms with E-state index in [9.17, 15) is 9.59 Å². The fourth-order valence-electron chi connectivity index (χ4n) is 1.35. The van der Waals surface area contributed by atoms with Crippen molar-refractivity contribution in [2.75, 3.05) is 7.11 Å². The number of esters is 1. The predicted octanol–water partition coefficient (Wildman–Crippen LogP) is 0.423. The van der Waals surface area contributed by atoms with E-state index in [1.54, 1.807) is 13.0 Å². The van der Waals surface area contributed by atoms with Crippen LogP contribution in [0.5, 0.6) is 0 Å². The average molecular weight is 210 g/mol. The quantitative estimate of drug-likeness (QED) is 0.678. The van der Waals surface area contributed by atoms with E-state index in [4.69, 9.17) is 0 Å². The van der Waals surface area contributed by atoms with E-state index >= 15 is 0 Å². The fourth-order valence-corrected chi connectivity index (χ4v) is 1.35. The van der Waals surface area contributed by atoms with Crippen molar-refractivity contribution in [2.45, 2.75) is 26.8 Å². The zero-order valence-electron chi connectivity index (χ0n) is 9.11. The second-order valence-corrected chi connectivity index (χ2v) is 3.30.